The smallest absolute Gasteiger partial charge is 0.413 e. The van der Waals surface area contributed by atoms with Crippen molar-refractivity contribution in [2.45, 2.75) is 26.4 Å². The molecule has 0 saturated carbocycles. The van der Waals surface area contributed by atoms with Gasteiger partial charge in [-0.05, 0) is 32.9 Å². The van der Waals surface area contributed by atoms with Crippen molar-refractivity contribution >= 4 is 29.2 Å². The van der Waals surface area contributed by atoms with Gasteiger partial charge in [-0.15, -0.1) is 11.6 Å². The highest BCUT2D eigenvalue weighted by molar-refractivity contribution is 6.30. The Morgan fingerprint density at radius 2 is 1.94 bits per heavy atom. The van der Waals surface area contributed by atoms with Gasteiger partial charge in [-0.25, -0.2) is 4.79 Å². The minimum absolute atomic E-state index is 0.0657. The van der Waals surface area contributed by atoms with E-state index in [1.54, 1.807) is 20.8 Å². The lowest BCUT2D eigenvalue weighted by Gasteiger charge is -2.19. The third kappa shape index (κ3) is 7.99. The molecule has 16 heavy (non-hydrogen) atoms. The van der Waals surface area contributed by atoms with Crippen LogP contribution < -0.4 is 5.32 Å². The van der Waals surface area contributed by atoms with E-state index < -0.39 is 11.7 Å². The highest BCUT2D eigenvalue weighted by Crippen LogP contribution is 2.06. The fourth-order valence-electron chi connectivity index (χ4n) is 0.684. The molecule has 90 valence electrons. The fourth-order valence-corrected chi connectivity index (χ4v) is 0.773. The Hall–Kier alpha value is -1.36. The minimum atomic E-state index is -0.695. The fraction of sp³-hybridized carbons (Fsp3) is 0.500. The van der Waals surface area contributed by atoms with E-state index in [2.05, 4.69) is 5.32 Å². The third-order valence-electron chi connectivity index (χ3n) is 1.23. The molecule has 0 aliphatic rings. The van der Waals surface area contributed by atoms with Crippen molar-refractivity contribution in [1.29, 1.82) is 10.8 Å². The average molecular weight is 246 g/mol. The topological polar surface area (TPSA) is 86.0 Å². The van der Waals surface area contributed by atoms with Gasteiger partial charge in [-0.3, -0.25) is 10.7 Å². The number of carbonyl (C=O) groups excluding carboxylic acids is 1. The van der Waals surface area contributed by atoms with Crippen LogP contribution in [0.5, 0.6) is 0 Å². The van der Waals surface area contributed by atoms with Crippen molar-refractivity contribution in [3.63, 3.8) is 0 Å². The van der Waals surface area contributed by atoms with Gasteiger partial charge in [0.15, 0.2) is 0 Å². The van der Waals surface area contributed by atoms with Gasteiger partial charge in [-0.2, -0.15) is 0 Å². The molecule has 3 N–H and O–H groups in total. The van der Waals surface area contributed by atoms with Crippen LogP contribution in [0.2, 0.25) is 0 Å². The number of nitrogens with one attached hydrogen (secondary N) is 3. The van der Waals surface area contributed by atoms with Gasteiger partial charge >= 0.3 is 6.09 Å². The summed E-state index contributed by atoms with van der Waals surface area (Å²) < 4.78 is 4.94. The van der Waals surface area contributed by atoms with E-state index in [1.807, 2.05) is 0 Å². The van der Waals surface area contributed by atoms with Crippen LogP contribution in [0.25, 0.3) is 0 Å². The molecular formula is C10H16ClN3O2. The number of alkyl carbamates (subject to hydrolysis) is 1. The summed E-state index contributed by atoms with van der Waals surface area (Å²) in [7, 11) is 0. The van der Waals surface area contributed by atoms with Gasteiger partial charge in [0.25, 0.3) is 0 Å². The third-order valence-corrected chi connectivity index (χ3v) is 1.52. The van der Waals surface area contributed by atoms with Crippen LogP contribution >= 0.6 is 11.6 Å². The Bertz CT molecular complexity index is 319. The number of alkyl halides is 1. The number of amides is 1. The first-order valence-corrected chi connectivity index (χ1v) is 5.18. The molecule has 0 spiro atoms. The summed E-state index contributed by atoms with van der Waals surface area (Å²) in [6.45, 7) is 5.19. The van der Waals surface area contributed by atoms with E-state index in [0.717, 1.165) is 0 Å². The number of rotatable bonds is 3. The molecule has 0 aliphatic heterocycles. The predicted molar refractivity (Wildman–Crippen MR) is 64.7 cm³/mol. The van der Waals surface area contributed by atoms with Gasteiger partial charge in [-0.1, -0.05) is 0 Å². The predicted octanol–water partition coefficient (Wildman–Crippen LogP) is 2.30. The molecular weight excluding hydrogens is 230 g/mol. The van der Waals surface area contributed by atoms with E-state index in [4.69, 9.17) is 27.2 Å². The highest BCUT2D eigenvalue weighted by Gasteiger charge is 2.16. The van der Waals surface area contributed by atoms with Crippen LogP contribution in [-0.2, 0) is 4.74 Å². The number of carbonyl (C=O) groups is 1. The van der Waals surface area contributed by atoms with Gasteiger partial charge in [0.1, 0.15) is 11.4 Å². The zero-order valence-corrected chi connectivity index (χ0v) is 10.3. The second-order valence-corrected chi connectivity index (χ2v) is 4.30. The molecule has 0 fully saturated rings. The second-order valence-electron chi connectivity index (χ2n) is 4.03. The normalized spacial score (nSPS) is 11.2. The molecule has 0 aliphatic carbocycles. The first-order chi connectivity index (χ1) is 7.24. The Kier molecular flexibility index (Phi) is 5.74. The van der Waals surface area contributed by atoms with E-state index in [9.17, 15) is 4.79 Å². The van der Waals surface area contributed by atoms with Gasteiger partial charge in [0.05, 0.1) is 5.88 Å². The molecule has 0 aromatic rings. The first kappa shape index (κ1) is 14.6. The van der Waals surface area contributed by atoms with Crippen LogP contribution in [-0.4, -0.2) is 29.1 Å². The molecule has 0 unspecified atom stereocenters. The lowest BCUT2D eigenvalue weighted by atomic mass is 10.2. The van der Waals surface area contributed by atoms with Crippen LogP contribution in [0.15, 0.2) is 12.2 Å². The van der Waals surface area contributed by atoms with Gasteiger partial charge < -0.3 is 10.1 Å². The van der Waals surface area contributed by atoms with Crippen molar-refractivity contribution in [1.82, 2.24) is 5.32 Å². The van der Waals surface area contributed by atoms with Crippen molar-refractivity contribution in [3.8, 4) is 0 Å². The summed E-state index contributed by atoms with van der Waals surface area (Å²) in [5.74, 6) is -0.0833. The molecule has 0 heterocycles. The molecule has 1 amide bonds. The van der Waals surface area contributed by atoms with Crippen LogP contribution in [0.1, 0.15) is 20.8 Å². The lowest BCUT2D eigenvalue weighted by molar-refractivity contribution is 0.0563. The van der Waals surface area contributed by atoms with E-state index in [-0.39, 0.29) is 17.4 Å². The van der Waals surface area contributed by atoms with Crippen molar-refractivity contribution < 1.29 is 9.53 Å². The molecule has 0 atom stereocenters. The number of hydrogen-bond donors (Lipinski definition) is 3. The Morgan fingerprint density at radius 3 is 2.38 bits per heavy atom. The van der Waals surface area contributed by atoms with Crippen LogP contribution in [0.3, 0.4) is 0 Å². The van der Waals surface area contributed by atoms with E-state index in [1.165, 1.54) is 12.2 Å². The highest BCUT2D eigenvalue weighted by atomic mass is 35.5. The Morgan fingerprint density at radius 1 is 1.38 bits per heavy atom. The van der Waals surface area contributed by atoms with Crippen molar-refractivity contribution in [2.24, 2.45) is 0 Å². The molecule has 0 aromatic carbocycles. The van der Waals surface area contributed by atoms with Gasteiger partial charge in [0.2, 0.25) is 0 Å². The Balaban J connectivity index is 4.11. The summed E-state index contributed by atoms with van der Waals surface area (Å²) in [5.41, 5.74) is -0.436. The molecule has 0 rings (SSSR count). The Labute approximate surface area is 99.8 Å². The molecule has 5 nitrogen and oxygen atoms in total. The average Bonchev–Trinajstić information content (AvgIpc) is 2.10. The molecule has 6 heteroatoms. The lowest BCUT2D eigenvalue weighted by Crippen LogP contribution is -2.35. The number of ether oxygens (including phenoxy) is 1. The van der Waals surface area contributed by atoms with Crippen LogP contribution in [0.4, 0.5) is 4.79 Å². The molecule has 0 saturated heterocycles. The molecule has 0 bridgehead atoms. The van der Waals surface area contributed by atoms with Gasteiger partial charge in [0, 0.05) is 5.71 Å². The maximum absolute atomic E-state index is 11.2. The van der Waals surface area contributed by atoms with Crippen LogP contribution in [0, 0.1) is 10.8 Å². The zero-order chi connectivity index (χ0) is 12.8. The number of amidine groups is 1. The first-order valence-electron chi connectivity index (χ1n) is 4.64. The second kappa shape index (κ2) is 6.27. The summed E-state index contributed by atoms with van der Waals surface area (Å²) in [5, 5.41) is 16.8. The summed E-state index contributed by atoms with van der Waals surface area (Å²) >= 11 is 5.37. The van der Waals surface area contributed by atoms with E-state index >= 15 is 0 Å². The zero-order valence-electron chi connectivity index (χ0n) is 9.56. The maximum Gasteiger partial charge on any atom is 0.413 e. The van der Waals surface area contributed by atoms with Crippen molar-refractivity contribution in [2.75, 3.05) is 5.88 Å². The quantitative estimate of drug-likeness (QED) is 0.405. The molecule has 0 aromatic heterocycles. The SMILES string of the molecule is CC(C)(C)OC(=O)NC(=N)/C=C\C(=N)CCl. The summed E-state index contributed by atoms with van der Waals surface area (Å²) in [6, 6.07) is 0. The number of allylic oxidation sites excluding steroid dienone is 1. The van der Waals surface area contributed by atoms with Crippen molar-refractivity contribution in [3.05, 3.63) is 12.2 Å². The maximum atomic E-state index is 11.2. The minimum Gasteiger partial charge on any atom is -0.444 e. The van der Waals surface area contributed by atoms with E-state index in [0.29, 0.717) is 0 Å². The largest absolute Gasteiger partial charge is 0.444 e. The number of hydrogen-bond acceptors (Lipinski definition) is 4. The standard InChI is InChI=1S/C10H16ClN3O2/c1-10(2,3)16-9(15)14-8(13)5-4-7(12)6-11/h4-5,12H,6H2,1-3H3,(H2,13,14,15)/b5-4-,12-7?. The monoisotopic (exact) mass is 245 g/mol. The number of halogens is 1. The molecule has 0 radical (unpaired) electrons. The summed E-state index contributed by atoms with van der Waals surface area (Å²) in [6.07, 6.45) is 1.92. The summed E-state index contributed by atoms with van der Waals surface area (Å²) in [4.78, 5) is 11.2.